The van der Waals surface area contributed by atoms with Gasteiger partial charge in [-0.15, -0.1) is 0 Å². The molecule has 128 valence electrons. The molecule has 0 amide bonds. The minimum absolute atomic E-state index is 0.180. The number of aryl methyl sites for hydroxylation is 1. The van der Waals surface area contributed by atoms with E-state index >= 15 is 0 Å². The van der Waals surface area contributed by atoms with Crippen LogP contribution in [0.25, 0.3) is 0 Å². The molecule has 0 saturated carbocycles. The van der Waals surface area contributed by atoms with Gasteiger partial charge in [0.05, 0.1) is 17.4 Å². The predicted molar refractivity (Wildman–Crippen MR) is 96.4 cm³/mol. The maximum Gasteiger partial charge on any atom is 0.271 e. The van der Waals surface area contributed by atoms with Crippen LogP contribution in [0.4, 0.5) is 5.69 Å². The molecular formula is C17H22ClN5O. The largest absolute Gasteiger partial charge is 0.369 e. The molecule has 0 radical (unpaired) electrons. The number of rotatable bonds is 4. The van der Waals surface area contributed by atoms with Gasteiger partial charge >= 0.3 is 0 Å². The highest BCUT2D eigenvalue weighted by atomic mass is 35.5. The van der Waals surface area contributed by atoms with Crippen LogP contribution in [0.2, 0.25) is 5.02 Å². The van der Waals surface area contributed by atoms with Gasteiger partial charge in [0.1, 0.15) is 0 Å². The van der Waals surface area contributed by atoms with Gasteiger partial charge in [-0.05, 0) is 12.1 Å². The van der Waals surface area contributed by atoms with Crippen LogP contribution in [-0.4, -0.2) is 47.0 Å². The van der Waals surface area contributed by atoms with Crippen molar-refractivity contribution in [2.75, 3.05) is 31.1 Å². The average Bonchev–Trinajstić information content (AvgIpc) is 2.63. The summed E-state index contributed by atoms with van der Waals surface area (Å²) in [5.41, 5.74) is 7.92. The summed E-state index contributed by atoms with van der Waals surface area (Å²) >= 11 is 6.13. The molecule has 1 atom stereocenters. The fourth-order valence-electron chi connectivity index (χ4n) is 3.04. The Morgan fingerprint density at radius 2 is 1.88 bits per heavy atom. The summed E-state index contributed by atoms with van der Waals surface area (Å²) in [6, 6.07) is 10.4. The normalized spacial score (nSPS) is 17.0. The smallest absolute Gasteiger partial charge is 0.271 e. The van der Waals surface area contributed by atoms with E-state index in [4.69, 9.17) is 17.3 Å². The van der Waals surface area contributed by atoms with Crippen molar-refractivity contribution in [1.82, 2.24) is 14.7 Å². The first kappa shape index (κ1) is 17.0. The third-order valence-electron chi connectivity index (χ3n) is 4.50. The first-order chi connectivity index (χ1) is 11.6. The summed E-state index contributed by atoms with van der Waals surface area (Å²) in [4.78, 5) is 16.7. The van der Waals surface area contributed by atoms with Crippen LogP contribution < -0.4 is 16.2 Å². The highest BCUT2D eigenvalue weighted by molar-refractivity contribution is 6.31. The van der Waals surface area contributed by atoms with Gasteiger partial charge in [-0.1, -0.05) is 29.8 Å². The average molecular weight is 348 g/mol. The minimum Gasteiger partial charge on any atom is -0.369 e. The van der Waals surface area contributed by atoms with E-state index in [1.54, 1.807) is 7.05 Å². The summed E-state index contributed by atoms with van der Waals surface area (Å²) in [7, 11) is 1.62. The molecule has 0 bridgehead atoms. The predicted octanol–water partition coefficient (Wildman–Crippen LogP) is 1.08. The molecule has 1 aliphatic rings. The fraction of sp³-hybridized carbons (Fsp3) is 0.412. The van der Waals surface area contributed by atoms with Gasteiger partial charge in [-0.2, -0.15) is 5.10 Å². The lowest BCUT2D eigenvalue weighted by molar-refractivity contribution is 0.187. The Morgan fingerprint density at radius 3 is 2.54 bits per heavy atom. The van der Waals surface area contributed by atoms with Gasteiger partial charge in [0.15, 0.2) is 0 Å². The summed E-state index contributed by atoms with van der Waals surface area (Å²) in [6.07, 6.45) is 1.70. The summed E-state index contributed by atoms with van der Waals surface area (Å²) < 4.78 is 1.29. The van der Waals surface area contributed by atoms with E-state index in [1.165, 1.54) is 16.6 Å². The summed E-state index contributed by atoms with van der Waals surface area (Å²) in [5.74, 6) is 0. The van der Waals surface area contributed by atoms with Gasteiger partial charge in [0.25, 0.3) is 5.56 Å². The van der Waals surface area contributed by atoms with Crippen LogP contribution in [0.15, 0.2) is 41.3 Å². The molecule has 1 fully saturated rings. The SMILES string of the molecule is Cn1ncc(Cl)c(CC(N)N2CCN(c3ccccc3)CC2)c1=O. The molecule has 1 aliphatic heterocycles. The molecule has 1 unspecified atom stereocenters. The summed E-state index contributed by atoms with van der Waals surface area (Å²) in [6.45, 7) is 3.55. The van der Waals surface area contributed by atoms with Crippen LogP contribution in [0, 0.1) is 0 Å². The number of para-hydroxylation sites is 1. The molecule has 7 heteroatoms. The number of halogens is 1. The number of anilines is 1. The molecule has 2 heterocycles. The highest BCUT2D eigenvalue weighted by Gasteiger charge is 2.23. The molecule has 2 N–H and O–H groups in total. The molecule has 2 aromatic rings. The maximum absolute atomic E-state index is 12.2. The van der Waals surface area contributed by atoms with E-state index in [0.29, 0.717) is 17.0 Å². The van der Waals surface area contributed by atoms with Gasteiger partial charge < -0.3 is 10.6 Å². The minimum atomic E-state index is -0.226. The molecule has 6 nitrogen and oxygen atoms in total. The zero-order valence-corrected chi connectivity index (χ0v) is 14.5. The van der Waals surface area contributed by atoms with Crippen LogP contribution >= 0.6 is 11.6 Å². The monoisotopic (exact) mass is 347 g/mol. The van der Waals surface area contributed by atoms with Crippen LogP contribution in [0.3, 0.4) is 0 Å². The zero-order chi connectivity index (χ0) is 17.1. The van der Waals surface area contributed by atoms with E-state index in [0.717, 1.165) is 26.2 Å². The molecule has 1 aromatic carbocycles. The summed E-state index contributed by atoms with van der Waals surface area (Å²) in [5, 5.41) is 4.30. The quantitative estimate of drug-likeness (QED) is 0.896. The topological polar surface area (TPSA) is 67.4 Å². The molecule has 1 saturated heterocycles. The second-order valence-electron chi connectivity index (χ2n) is 6.03. The number of piperazine rings is 1. The van der Waals surface area contributed by atoms with Crippen molar-refractivity contribution in [3.63, 3.8) is 0 Å². The van der Waals surface area contributed by atoms with Crippen LogP contribution in [0.5, 0.6) is 0 Å². The second-order valence-corrected chi connectivity index (χ2v) is 6.44. The van der Waals surface area contributed by atoms with Gasteiger partial charge in [0, 0.05) is 50.9 Å². The van der Waals surface area contributed by atoms with E-state index < -0.39 is 0 Å². The van der Waals surface area contributed by atoms with E-state index in [1.807, 2.05) is 6.07 Å². The Morgan fingerprint density at radius 1 is 1.21 bits per heavy atom. The Hall–Kier alpha value is -1.89. The van der Waals surface area contributed by atoms with E-state index in [2.05, 4.69) is 39.2 Å². The second kappa shape index (κ2) is 7.34. The maximum atomic E-state index is 12.2. The van der Waals surface area contributed by atoms with Gasteiger partial charge in [-0.25, -0.2) is 4.68 Å². The molecule has 24 heavy (non-hydrogen) atoms. The fourth-order valence-corrected chi connectivity index (χ4v) is 3.24. The van der Waals surface area contributed by atoms with Gasteiger partial charge in [0.2, 0.25) is 0 Å². The molecular weight excluding hydrogens is 326 g/mol. The first-order valence-electron chi connectivity index (χ1n) is 8.06. The first-order valence-corrected chi connectivity index (χ1v) is 8.44. The van der Waals surface area contributed by atoms with Crippen molar-refractivity contribution in [1.29, 1.82) is 0 Å². The van der Waals surface area contributed by atoms with Crippen molar-refractivity contribution in [3.05, 3.63) is 57.5 Å². The standard InChI is InChI=1S/C17H22ClN5O/c1-21-17(24)14(15(18)12-20-21)11-16(19)23-9-7-22(8-10-23)13-5-3-2-4-6-13/h2-6,12,16H,7-11,19H2,1H3. The van der Waals surface area contributed by atoms with E-state index in [-0.39, 0.29) is 11.7 Å². The third kappa shape index (κ3) is 3.61. The number of nitrogens with zero attached hydrogens (tertiary/aromatic N) is 4. The van der Waals surface area contributed by atoms with Crippen molar-refractivity contribution >= 4 is 17.3 Å². The lowest BCUT2D eigenvalue weighted by atomic mass is 10.1. The molecule has 0 aliphatic carbocycles. The Balaban J connectivity index is 1.63. The van der Waals surface area contributed by atoms with Crippen molar-refractivity contribution < 1.29 is 0 Å². The number of hydrogen-bond acceptors (Lipinski definition) is 5. The van der Waals surface area contributed by atoms with Crippen molar-refractivity contribution in [2.45, 2.75) is 12.6 Å². The van der Waals surface area contributed by atoms with Crippen molar-refractivity contribution in [2.24, 2.45) is 12.8 Å². The number of aromatic nitrogens is 2. The Bertz CT molecular complexity index is 740. The van der Waals surface area contributed by atoms with E-state index in [9.17, 15) is 4.79 Å². The third-order valence-corrected chi connectivity index (χ3v) is 4.83. The lowest BCUT2D eigenvalue weighted by Crippen LogP contribution is -2.54. The van der Waals surface area contributed by atoms with Crippen LogP contribution in [0.1, 0.15) is 5.56 Å². The Kier molecular flexibility index (Phi) is 5.18. The number of hydrogen-bond donors (Lipinski definition) is 1. The van der Waals surface area contributed by atoms with Gasteiger partial charge in [-0.3, -0.25) is 9.69 Å². The van der Waals surface area contributed by atoms with Crippen LogP contribution in [-0.2, 0) is 13.5 Å². The molecule has 3 rings (SSSR count). The number of benzene rings is 1. The van der Waals surface area contributed by atoms with Crippen molar-refractivity contribution in [3.8, 4) is 0 Å². The molecule has 1 aromatic heterocycles. The zero-order valence-electron chi connectivity index (χ0n) is 13.7. The molecule has 0 spiro atoms. The highest BCUT2D eigenvalue weighted by Crippen LogP contribution is 2.17. The number of nitrogens with two attached hydrogens (primary N) is 1. The Labute approximate surface area is 146 Å². The lowest BCUT2D eigenvalue weighted by Gasteiger charge is -2.39.